The fraction of sp³-hybridized carbons (Fsp3) is 0.500. The van der Waals surface area contributed by atoms with Crippen molar-refractivity contribution in [2.75, 3.05) is 31.1 Å². The molecular weight excluding hydrogens is 307 g/mol. The number of hydrogen-bond acceptors (Lipinski definition) is 4. The molecule has 0 unspecified atom stereocenters. The van der Waals surface area contributed by atoms with Crippen LogP contribution in [0.15, 0.2) is 29.2 Å². The van der Waals surface area contributed by atoms with Crippen LogP contribution in [0.1, 0.15) is 6.92 Å². The lowest BCUT2D eigenvalue weighted by Crippen LogP contribution is -2.39. The second-order valence-electron chi connectivity index (χ2n) is 4.29. The molecule has 1 rings (SSSR count). The lowest BCUT2D eigenvalue weighted by molar-refractivity contribution is -0.119. The molecule has 3 N–H and O–H groups in total. The Balaban J connectivity index is 3.26. The highest BCUT2D eigenvalue weighted by Crippen LogP contribution is 2.28. The molecule has 5 nitrogen and oxygen atoms in total. The number of alkyl halides is 3. The van der Waals surface area contributed by atoms with Crippen LogP contribution in [0.3, 0.4) is 0 Å². The number of hydrogen-bond donors (Lipinski definition) is 2. The first kappa shape index (κ1) is 17.7. The summed E-state index contributed by atoms with van der Waals surface area (Å²) in [5.41, 5.74) is 5.32. The van der Waals surface area contributed by atoms with Crippen molar-refractivity contribution in [3.05, 3.63) is 24.3 Å². The minimum Gasteiger partial charge on any atom is -0.360 e. The summed E-state index contributed by atoms with van der Waals surface area (Å²) in [5.74, 6) is 0. The molecule has 9 heteroatoms. The summed E-state index contributed by atoms with van der Waals surface area (Å²) in [6.07, 6.45) is -4.45. The quantitative estimate of drug-likeness (QED) is 0.793. The van der Waals surface area contributed by atoms with Crippen LogP contribution in [0.5, 0.6) is 0 Å². The molecule has 0 fully saturated rings. The van der Waals surface area contributed by atoms with Crippen molar-refractivity contribution in [1.29, 1.82) is 0 Å². The van der Waals surface area contributed by atoms with Gasteiger partial charge in [-0.2, -0.15) is 13.2 Å². The SMILES string of the molecule is CCNS(=O)(=O)c1ccccc1N(CCN)CC(F)(F)F. The van der Waals surface area contributed by atoms with E-state index >= 15 is 0 Å². The van der Waals surface area contributed by atoms with Crippen LogP contribution < -0.4 is 15.4 Å². The van der Waals surface area contributed by atoms with Gasteiger partial charge in [0.05, 0.1) is 5.69 Å². The van der Waals surface area contributed by atoms with E-state index in [1.807, 2.05) is 0 Å². The van der Waals surface area contributed by atoms with Crippen molar-refractivity contribution < 1.29 is 21.6 Å². The second-order valence-corrected chi connectivity index (χ2v) is 6.03. The normalized spacial score (nSPS) is 12.4. The first-order valence-corrected chi connectivity index (χ1v) is 7.80. The Kier molecular flexibility index (Phi) is 5.99. The zero-order chi connectivity index (χ0) is 16.1. The standard InChI is InChI=1S/C12H18F3N3O2S/c1-2-17-21(19,20)11-6-4-3-5-10(11)18(8-7-16)9-12(13,14)15/h3-6,17H,2,7-9,16H2,1H3. The Hall–Kier alpha value is -1.32. The lowest BCUT2D eigenvalue weighted by Gasteiger charge is -2.27. The van der Waals surface area contributed by atoms with Gasteiger partial charge in [-0.1, -0.05) is 19.1 Å². The van der Waals surface area contributed by atoms with Gasteiger partial charge < -0.3 is 10.6 Å². The van der Waals surface area contributed by atoms with Crippen LogP contribution in [-0.2, 0) is 10.0 Å². The summed E-state index contributed by atoms with van der Waals surface area (Å²) < 4.78 is 64.4. The zero-order valence-corrected chi connectivity index (χ0v) is 12.3. The van der Waals surface area contributed by atoms with Gasteiger partial charge in [0.25, 0.3) is 0 Å². The van der Waals surface area contributed by atoms with E-state index in [0.717, 1.165) is 4.90 Å². The van der Waals surface area contributed by atoms with E-state index in [4.69, 9.17) is 5.73 Å². The maximum absolute atomic E-state index is 12.6. The highest BCUT2D eigenvalue weighted by Gasteiger charge is 2.32. The molecule has 0 bridgehead atoms. The Morgan fingerprint density at radius 3 is 2.43 bits per heavy atom. The van der Waals surface area contributed by atoms with Crippen LogP contribution in [-0.4, -0.2) is 40.8 Å². The van der Waals surface area contributed by atoms with Crippen molar-refractivity contribution in [3.63, 3.8) is 0 Å². The third-order valence-electron chi connectivity index (χ3n) is 2.60. The van der Waals surface area contributed by atoms with E-state index in [-0.39, 0.29) is 30.2 Å². The molecule has 0 amide bonds. The van der Waals surface area contributed by atoms with Crippen LogP contribution in [0.25, 0.3) is 0 Å². The Labute approximate surface area is 122 Å². The van der Waals surface area contributed by atoms with Gasteiger partial charge in [0, 0.05) is 19.6 Å². The molecule has 0 heterocycles. The molecule has 1 aromatic rings. The van der Waals surface area contributed by atoms with E-state index in [1.165, 1.54) is 24.3 Å². The van der Waals surface area contributed by atoms with Gasteiger partial charge in [-0.3, -0.25) is 0 Å². The van der Waals surface area contributed by atoms with Gasteiger partial charge in [0.15, 0.2) is 0 Å². The van der Waals surface area contributed by atoms with Gasteiger partial charge >= 0.3 is 6.18 Å². The third-order valence-corrected chi connectivity index (χ3v) is 4.19. The summed E-state index contributed by atoms with van der Waals surface area (Å²) in [6.45, 7) is 0.354. The minimum absolute atomic E-state index is 0.0128. The molecule has 0 aliphatic rings. The van der Waals surface area contributed by atoms with E-state index in [2.05, 4.69) is 4.72 Å². The number of halogens is 3. The third kappa shape index (κ3) is 5.18. The van der Waals surface area contributed by atoms with E-state index in [1.54, 1.807) is 6.92 Å². The number of nitrogens with two attached hydrogens (primary N) is 1. The van der Waals surface area contributed by atoms with E-state index < -0.39 is 22.7 Å². The average molecular weight is 325 g/mol. The summed E-state index contributed by atoms with van der Waals surface area (Å²) >= 11 is 0. The molecule has 1 aromatic carbocycles. The first-order chi connectivity index (χ1) is 9.71. The van der Waals surface area contributed by atoms with Crippen molar-refractivity contribution in [2.24, 2.45) is 5.73 Å². The Bertz CT molecular complexity index is 561. The van der Waals surface area contributed by atoms with Crippen molar-refractivity contribution in [2.45, 2.75) is 18.0 Å². The number of rotatable bonds is 7. The lowest BCUT2D eigenvalue weighted by atomic mass is 10.2. The maximum Gasteiger partial charge on any atom is 0.405 e. The number of nitrogens with one attached hydrogen (secondary N) is 1. The molecule has 0 saturated heterocycles. The van der Waals surface area contributed by atoms with Gasteiger partial charge in [-0.05, 0) is 12.1 Å². The van der Waals surface area contributed by atoms with Crippen LogP contribution >= 0.6 is 0 Å². The zero-order valence-electron chi connectivity index (χ0n) is 11.5. The van der Waals surface area contributed by atoms with Gasteiger partial charge in [-0.15, -0.1) is 0 Å². The Morgan fingerprint density at radius 1 is 1.29 bits per heavy atom. The van der Waals surface area contributed by atoms with Crippen LogP contribution in [0.2, 0.25) is 0 Å². The van der Waals surface area contributed by atoms with Gasteiger partial charge in [0.1, 0.15) is 11.4 Å². The maximum atomic E-state index is 12.6. The summed E-state index contributed by atoms with van der Waals surface area (Å²) in [7, 11) is -3.86. The van der Waals surface area contributed by atoms with Crippen molar-refractivity contribution >= 4 is 15.7 Å². The predicted molar refractivity (Wildman–Crippen MR) is 74.6 cm³/mol. The van der Waals surface area contributed by atoms with Gasteiger partial charge in [-0.25, -0.2) is 13.1 Å². The minimum atomic E-state index is -4.45. The number of sulfonamides is 1. The molecular formula is C12H18F3N3O2S. The topological polar surface area (TPSA) is 75.4 Å². The average Bonchev–Trinajstić information content (AvgIpc) is 2.37. The molecule has 0 aliphatic heterocycles. The first-order valence-electron chi connectivity index (χ1n) is 6.31. The van der Waals surface area contributed by atoms with Crippen LogP contribution in [0, 0.1) is 0 Å². The number of benzene rings is 1. The summed E-state index contributed by atoms with van der Waals surface area (Å²) in [4.78, 5) is 0.731. The largest absolute Gasteiger partial charge is 0.405 e. The summed E-state index contributed by atoms with van der Waals surface area (Å²) in [5, 5.41) is 0. The summed E-state index contributed by atoms with van der Waals surface area (Å²) in [6, 6.07) is 5.56. The Morgan fingerprint density at radius 2 is 1.90 bits per heavy atom. The second kappa shape index (κ2) is 7.10. The highest BCUT2D eigenvalue weighted by atomic mass is 32.2. The smallest absolute Gasteiger partial charge is 0.360 e. The molecule has 0 atom stereocenters. The predicted octanol–water partition coefficient (Wildman–Crippen LogP) is 1.31. The van der Waals surface area contributed by atoms with Crippen molar-refractivity contribution in [1.82, 2.24) is 4.72 Å². The van der Waals surface area contributed by atoms with E-state index in [0.29, 0.717) is 0 Å². The number of para-hydroxylation sites is 1. The molecule has 0 radical (unpaired) electrons. The number of anilines is 1. The molecule has 0 aliphatic carbocycles. The molecule has 120 valence electrons. The molecule has 0 saturated carbocycles. The highest BCUT2D eigenvalue weighted by molar-refractivity contribution is 7.89. The number of nitrogens with zero attached hydrogens (tertiary/aromatic N) is 1. The molecule has 0 spiro atoms. The van der Waals surface area contributed by atoms with Gasteiger partial charge in [0.2, 0.25) is 10.0 Å². The fourth-order valence-electron chi connectivity index (χ4n) is 1.87. The molecule has 0 aromatic heterocycles. The van der Waals surface area contributed by atoms with Crippen molar-refractivity contribution in [3.8, 4) is 0 Å². The fourth-order valence-corrected chi connectivity index (χ4v) is 3.14. The molecule has 21 heavy (non-hydrogen) atoms. The monoisotopic (exact) mass is 325 g/mol. The van der Waals surface area contributed by atoms with Crippen LogP contribution in [0.4, 0.5) is 18.9 Å². The van der Waals surface area contributed by atoms with E-state index in [9.17, 15) is 21.6 Å².